The molecule has 0 unspecified atom stereocenters. The quantitative estimate of drug-likeness (QED) is 0.604. The number of aliphatic carboxylic acids is 1. The second kappa shape index (κ2) is 10.1. The molecular weight excluding hydrogens is 444 g/mol. The molecule has 2 aliphatic rings. The fourth-order valence-electron chi connectivity index (χ4n) is 5.35. The number of hydrogen-bond donors (Lipinski definition) is 2. The Morgan fingerprint density at radius 2 is 1.57 bits per heavy atom. The van der Waals surface area contributed by atoms with E-state index in [1.165, 1.54) is 0 Å². The summed E-state index contributed by atoms with van der Waals surface area (Å²) in [4.78, 5) is 39.4. The lowest BCUT2D eigenvalue weighted by Crippen LogP contribution is -2.55. The molecule has 1 heterocycles. The molecule has 7 heteroatoms. The van der Waals surface area contributed by atoms with E-state index in [4.69, 9.17) is 4.74 Å². The molecule has 2 aromatic carbocycles. The predicted octanol–water partition coefficient (Wildman–Crippen LogP) is 4.65. The molecule has 2 amide bonds. The van der Waals surface area contributed by atoms with E-state index in [1.54, 1.807) is 4.90 Å². The van der Waals surface area contributed by atoms with Crippen LogP contribution in [0.5, 0.6) is 0 Å². The topological polar surface area (TPSA) is 95.9 Å². The molecule has 2 N–H and O–H groups in total. The number of benzene rings is 2. The molecule has 35 heavy (non-hydrogen) atoms. The zero-order valence-corrected chi connectivity index (χ0v) is 20.6. The third kappa shape index (κ3) is 4.77. The van der Waals surface area contributed by atoms with Crippen LogP contribution >= 0.6 is 0 Å². The van der Waals surface area contributed by atoms with Crippen LogP contribution in [0.3, 0.4) is 0 Å². The molecule has 1 aliphatic heterocycles. The summed E-state index contributed by atoms with van der Waals surface area (Å²) in [6, 6.07) is 15.5. The minimum Gasteiger partial charge on any atom is -0.481 e. The van der Waals surface area contributed by atoms with Crippen molar-refractivity contribution >= 4 is 18.0 Å². The van der Waals surface area contributed by atoms with E-state index < -0.39 is 23.5 Å². The fraction of sp³-hybridized carbons (Fsp3) is 0.464. The van der Waals surface area contributed by atoms with Gasteiger partial charge in [-0.1, -0.05) is 69.3 Å². The van der Waals surface area contributed by atoms with Crippen molar-refractivity contribution in [2.24, 2.45) is 11.3 Å². The second-order valence-corrected chi connectivity index (χ2v) is 9.96. The van der Waals surface area contributed by atoms with E-state index in [1.807, 2.05) is 45.0 Å². The van der Waals surface area contributed by atoms with E-state index in [-0.39, 0.29) is 24.3 Å². The maximum Gasteiger partial charge on any atom is 0.407 e. The largest absolute Gasteiger partial charge is 0.481 e. The number of carboxylic acids is 1. The number of nitrogens with one attached hydrogen (secondary N) is 1. The molecular formula is C28H34N2O5. The first-order valence-electron chi connectivity index (χ1n) is 12.4. The van der Waals surface area contributed by atoms with Crippen LogP contribution < -0.4 is 5.32 Å². The van der Waals surface area contributed by atoms with Gasteiger partial charge in [0, 0.05) is 19.0 Å². The van der Waals surface area contributed by atoms with Crippen LogP contribution in [0.4, 0.5) is 4.79 Å². The molecule has 2 aromatic rings. The molecule has 0 bridgehead atoms. The van der Waals surface area contributed by atoms with Gasteiger partial charge in [-0.2, -0.15) is 0 Å². The summed E-state index contributed by atoms with van der Waals surface area (Å²) in [6.45, 7) is 6.55. The van der Waals surface area contributed by atoms with E-state index in [9.17, 15) is 19.5 Å². The Bertz CT molecular complexity index is 1060. The third-order valence-corrected chi connectivity index (χ3v) is 7.71. The number of rotatable bonds is 7. The standard InChI is InChI=1S/C28H34N2O5/c1-4-28(26(32)33)13-15-30(16-14-28)25(31)24(18(2)3)29-27(34)35-17-23-21-11-7-5-9-19(21)20-10-6-8-12-22(20)23/h5-12,18,23-24H,4,13-17H2,1-3H3,(H,29,34)(H,32,33)/t24-/m1/s1. The van der Waals surface area contributed by atoms with E-state index in [0.29, 0.717) is 32.4 Å². The molecule has 186 valence electrons. The van der Waals surface area contributed by atoms with Crippen molar-refractivity contribution in [2.75, 3.05) is 19.7 Å². The summed E-state index contributed by atoms with van der Waals surface area (Å²) < 4.78 is 5.64. The Morgan fingerprint density at radius 1 is 1.03 bits per heavy atom. The smallest absolute Gasteiger partial charge is 0.407 e. The number of alkyl carbamates (subject to hydrolysis) is 1. The van der Waals surface area contributed by atoms with Gasteiger partial charge in [-0.15, -0.1) is 0 Å². The molecule has 0 spiro atoms. The number of fused-ring (bicyclic) bond motifs is 3. The molecule has 1 aliphatic carbocycles. The summed E-state index contributed by atoms with van der Waals surface area (Å²) in [5.74, 6) is -1.19. The highest BCUT2D eigenvalue weighted by molar-refractivity contribution is 5.86. The van der Waals surface area contributed by atoms with Crippen LogP contribution in [0.25, 0.3) is 11.1 Å². The number of amides is 2. The Labute approximate surface area is 206 Å². The number of carboxylic acid groups (broad SMARTS) is 1. The minimum atomic E-state index is -0.802. The predicted molar refractivity (Wildman–Crippen MR) is 133 cm³/mol. The highest BCUT2D eigenvalue weighted by Gasteiger charge is 2.42. The Kier molecular flexibility index (Phi) is 7.15. The molecule has 4 rings (SSSR count). The molecule has 1 saturated heterocycles. The normalized spacial score (nSPS) is 17.4. The molecule has 0 saturated carbocycles. The lowest BCUT2D eigenvalue weighted by molar-refractivity contribution is -0.155. The number of nitrogens with zero attached hydrogens (tertiary/aromatic N) is 1. The number of carbonyl (C=O) groups is 3. The first kappa shape index (κ1) is 24.8. The van der Waals surface area contributed by atoms with Gasteiger partial charge in [-0.05, 0) is 47.4 Å². The van der Waals surface area contributed by atoms with Crippen LogP contribution in [0.2, 0.25) is 0 Å². The Balaban J connectivity index is 1.39. The highest BCUT2D eigenvalue weighted by Crippen LogP contribution is 2.44. The Morgan fingerprint density at radius 3 is 2.06 bits per heavy atom. The van der Waals surface area contributed by atoms with Gasteiger partial charge < -0.3 is 20.1 Å². The van der Waals surface area contributed by atoms with Crippen LogP contribution in [-0.2, 0) is 14.3 Å². The maximum atomic E-state index is 13.2. The summed E-state index contributed by atoms with van der Waals surface area (Å²) in [7, 11) is 0. The fourth-order valence-corrected chi connectivity index (χ4v) is 5.35. The van der Waals surface area contributed by atoms with E-state index in [2.05, 4.69) is 29.6 Å². The number of likely N-dealkylation sites (tertiary alicyclic amines) is 1. The van der Waals surface area contributed by atoms with Crippen molar-refractivity contribution in [1.29, 1.82) is 0 Å². The first-order valence-corrected chi connectivity index (χ1v) is 12.4. The van der Waals surface area contributed by atoms with Crippen molar-refractivity contribution in [3.8, 4) is 11.1 Å². The average Bonchev–Trinajstić information content (AvgIpc) is 3.19. The van der Waals surface area contributed by atoms with Crippen molar-refractivity contribution in [2.45, 2.75) is 52.0 Å². The van der Waals surface area contributed by atoms with Gasteiger partial charge in [-0.3, -0.25) is 9.59 Å². The third-order valence-electron chi connectivity index (χ3n) is 7.71. The Hall–Kier alpha value is -3.35. The lowest BCUT2D eigenvalue weighted by Gasteiger charge is -2.40. The maximum absolute atomic E-state index is 13.2. The van der Waals surface area contributed by atoms with Gasteiger partial charge in [0.25, 0.3) is 0 Å². The lowest BCUT2D eigenvalue weighted by atomic mass is 9.76. The zero-order chi connectivity index (χ0) is 25.2. The summed E-state index contributed by atoms with van der Waals surface area (Å²) in [5, 5.41) is 12.4. The van der Waals surface area contributed by atoms with Crippen LogP contribution in [0, 0.1) is 11.3 Å². The highest BCUT2D eigenvalue weighted by atomic mass is 16.5. The van der Waals surface area contributed by atoms with Crippen molar-refractivity contribution < 1.29 is 24.2 Å². The number of carbonyl (C=O) groups excluding carboxylic acids is 2. The van der Waals surface area contributed by atoms with Crippen LogP contribution in [0.15, 0.2) is 48.5 Å². The van der Waals surface area contributed by atoms with Crippen molar-refractivity contribution in [3.63, 3.8) is 0 Å². The molecule has 1 fully saturated rings. The van der Waals surface area contributed by atoms with Gasteiger partial charge in [0.15, 0.2) is 0 Å². The van der Waals surface area contributed by atoms with Gasteiger partial charge in [0.1, 0.15) is 12.6 Å². The average molecular weight is 479 g/mol. The van der Waals surface area contributed by atoms with Gasteiger partial charge in [0.05, 0.1) is 5.41 Å². The number of ether oxygens (including phenoxy) is 1. The SMILES string of the molecule is CCC1(C(=O)O)CCN(C(=O)[C@H](NC(=O)OCC2c3ccccc3-c3ccccc32)C(C)C)CC1. The summed E-state index contributed by atoms with van der Waals surface area (Å²) in [5.41, 5.74) is 3.79. The van der Waals surface area contributed by atoms with E-state index >= 15 is 0 Å². The van der Waals surface area contributed by atoms with Crippen LogP contribution in [0.1, 0.15) is 57.1 Å². The zero-order valence-electron chi connectivity index (χ0n) is 20.6. The summed E-state index contributed by atoms with van der Waals surface area (Å²) >= 11 is 0. The molecule has 1 atom stereocenters. The van der Waals surface area contributed by atoms with Crippen molar-refractivity contribution in [1.82, 2.24) is 10.2 Å². The monoisotopic (exact) mass is 478 g/mol. The summed E-state index contributed by atoms with van der Waals surface area (Å²) in [6.07, 6.45) is 0.751. The van der Waals surface area contributed by atoms with Gasteiger partial charge in [0.2, 0.25) is 5.91 Å². The van der Waals surface area contributed by atoms with Gasteiger partial charge in [-0.25, -0.2) is 4.79 Å². The minimum absolute atomic E-state index is 0.0540. The van der Waals surface area contributed by atoms with Gasteiger partial charge >= 0.3 is 12.1 Å². The number of hydrogen-bond acceptors (Lipinski definition) is 4. The van der Waals surface area contributed by atoms with Crippen molar-refractivity contribution in [3.05, 3.63) is 59.7 Å². The molecule has 0 radical (unpaired) electrons. The molecule has 7 nitrogen and oxygen atoms in total. The second-order valence-electron chi connectivity index (χ2n) is 9.96. The van der Waals surface area contributed by atoms with E-state index in [0.717, 1.165) is 22.3 Å². The molecule has 0 aromatic heterocycles. The first-order chi connectivity index (χ1) is 16.8. The number of piperidine rings is 1. The van der Waals surface area contributed by atoms with Crippen LogP contribution in [-0.4, -0.2) is 53.7 Å².